The Balaban J connectivity index is 1.75. The molecule has 0 spiro atoms. The number of carbonyl (C=O) groups is 1. The second-order valence-corrected chi connectivity index (χ2v) is 9.54. The maximum Gasteiger partial charge on any atom is 0.222 e. The van der Waals surface area contributed by atoms with Crippen molar-refractivity contribution in [2.24, 2.45) is 29.6 Å². The van der Waals surface area contributed by atoms with E-state index in [1.165, 1.54) is 36.8 Å². The summed E-state index contributed by atoms with van der Waals surface area (Å²) in [4.78, 5) is 14.9. The van der Waals surface area contributed by atoms with Gasteiger partial charge in [0.2, 0.25) is 5.91 Å². The molecule has 1 fully saturated rings. The molecule has 1 amide bonds. The maximum atomic E-state index is 12.7. The Morgan fingerprint density at radius 2 is 1.93 bits per heavy atom. The van der Waals surface area contributed by atoms with Crippen LogP contribution >= 0.6 is 0 Å². The molecule has 0 saturated heterocycles. The summed E-state index contributed by atoms with van der Waals surface area (Å²) in [5.41, 5.74) is 4.13. The van der Waals surface area contributed by atoms with Crippen molar-refractivity contribution < 1.29 is 4.79 Å². The molecule has 0 radical (unpaired) electrons. The van der Waals surface area contributed by atoms with Gasteiger partial charge >= 0.3 is 0 Å². The first kappa shape index (κ1) is 21.1. The first-order chi connectivity index (χ1) is 13.4. The van der Waals surface area contributed by atoms with Gasteiger partial charge in [-0.2, -0.15) is 0 Å². The molecule has 5 atom stereocenters. The van der Waals surface area contributed by atoms with E-state index >= 15 is 0 Å². The molecule has 1 aromatic rings. The van der Waals surface area contributed by atoms with Crippen molar-refractivity contribution in [3.8, 4) is 0 Å². The second kappa shape index (κ2) is 9.29. The number of fused-ring (bicyclic) bond motifs is 1. The third-order valence-corrected chi connectivity index (χ3v) is 7.54. The quantitative estimate of drug-likeness (QED) is 0.523. The van der Waals surface area contributed by atoms with Crippen molar-refractivity contribution >= 4 is 5.91 Å². The van der Waals surface area contributed by atoms with E-state index in [-0.39, 0.29) is 5.91 Å². The lowest BCUT2D eigenvalue weighted by molar-refractivity contribution is -0.132. The van der Waals surface area contributed by atoms with Gasteiger partial charge in [-0.1, -0.05) is 63.1 Å². The van der Waals surface area contributed by atoms with Crippen LogP contribution in [0.3, 0.4) is 0 Å². The molecule has 0 aromatic heterocycles. The number of amides is 1. The van der Waals surface area contributed by atoms with Crippen molar-refractivity contribution in [3.05, 3.63) is 47.0 Å². The summed E-state index contributed by atoms with van der Waals surface area (Å²) in [5, 5.41) is 0. The number of nitrogens with zero attached hydrogens (tertiary/aromatic N) is 1. The third-order valence-electron chi connectivity index (χ3n) is 7.54. The lowest BCUT2D eigenvalue weighted by atomic mass is 9.60. The van der Waals surface area contributed by atoms with Crippen LogP contribution in [-0.4, -0.2) is 17.4 Å². The van der Waals surface area contributed by atoms with Gasteiger partial charge in [0, 0.05) is 19.5 Å². The number of aryl methyl sites for hydroxylation is 1. The van der Waals surface area contributed by atoms with Crippen LogP contribution in [0.25, 0.3) is 0 Å². The van der Waals surface area contributed by atoms with Crippen LogP contribution in [0.2, 0.25) is 0 Å². The van der Waals surface area contributed by atoms with E-state index in [9.17, 15) is 4.79 Å². The Labute approximate surface area is 172 Å². The van der Waals surface area contributed by atoms with Crippen LogP contribution in [0.5, 0.6) is 0 Å². The molecule has 0 bridgehead atoms. The minimum Gasteiger partial charge on any atom is -0.338 e. The summed E-state index contributed by atoms with van der Waals surface area (Å²) in [7, 11) is 0. The fraction of sp³-hybridized carbons (Fsp3) is 0.654. The van der Waals surface area contributed by atoms with E-state index in [4.69, 9.17) is 0 Å². The van der Waals surface area contributed by atoms with Crippen LogP contribution in [0, 0.1) is 36.5 Å². The average Bonchev–Trinajstić information content (AvgIpc) is 2.68. The van der Waals surface area contributed by atoms with Gasteiger partial charge in [0.1, 0.15) is 0 Å². The van der Waals surface area contributed by atoms with Crippen molar-refractivity contribution in [3.63, 3.8) is 0 Å². The molecule has 3 rings (SSSR count). The van der Waals surface area contributed by atoms with Gasteiger partial charge in [0.05, 0.1) is 0 Å². The third kappa shape index (κ3) is 4.70. The highest BCUT2D eigenvalue weighted by Gasteiger charge is 2.40. The standard InChI is InChI=1S/C26H39NO/c1-6-26(28)27(17-22-10-8-7-9-19(22)3)16-21(5)24-14-12-20(4)23-13-11-18(2)15-25(23)24/h7-10,15,20-21,23-25H,6,11-14,16-17H2,1-5H3. The Hall–Kier alpha value is -1.57. The molecule has 154 valence electrons. The highest BCUT2D eigenvalue weighted by Crippen LogP contribution is 2.48. The second-order valence-electron chi connectivity index (χ2n) is 9.54. The monoisotopic (exact) mass is 381 g/mol. The number of carbonyl (C=O) groups excluding carboxylic acids is 1. The van der Waals surface area contributed by atoms with Crippen LogP contribution in [0.4, 0.5) is 0 Å². The van der Waals surface area contributed by atoms with Gasteiger partial charge in [-0.15, -0.1) is 0 Å². The maximum absolute atomic E-state index is 12.7. The Kier molecular flexibility index (Phi) is 7.01. The minimum absolute atomic E-state index is 0.284. The van der Waals surface area contributed by atoms with Gasteiger partial charge < -0.3 is 4.90 Å². The SMILES string of the molecule is CCC(=O)N(Cc1ccccc1C)CC(C)C1CCC(C)C2CCC(C)=CC21. The molecule has 1 saturated carbocycles. The number of hydrogen-bond donors (Lipinski definition) is 0. The van der Waals surface area contributed by atoms with Crippen LogP contribution in [0.15, 0.2) is 35.9 Å². The number of hydrogen-bond acceptors (Lipinski definition) is 1. The molecule has 0 heterocycles. The first-order valence-electron chi connectivity index (χ1n) is 11.4. The lowest BCUT2D eigenvalue weighted by Crippen LogP contribution is -2.42. The Morgan fingerprint density at radius 3 is 2.64 bits per heavy atom. The smallest absolute Gasteiger partial charge is 0.222 e. The molecule has 2 heteroatoms. The summed E-state index contributed by atoms with van der Waals surface area (Å²) in [5.74, 6) is 3.94. The summed E-state index contributed by atoms with van der Waals surface area (Å²) in [6, 6.07) is 8.48. The first-order valence-corrected chi connectivity index (χ1v) is 11.4. The fourth-order valence-electron chi connectivity index (χ4n) is 5.71. The molecule has 5 unspecified atom stereocenters. The van der Waals surface area contributed by atoms with Crippen molar-refractivity contribution in [2.75, 3.05) is 6.54 Å². The Morgan fingerprint density at radius 1 is 1.18 bits per heavy atom. The zero-order valence-electron chi connectivity index (χ0n) is 18.6. The molecule has 0 N–H and O–H groups in total. The molecule has 1 aromatic carbocycles. The van der Waals surface area contributed by atoms with Gasteiger partial charge in [-0.3, -0.25) is 4.79 Å². The summed E-state index contributed by atoms with van der Waals surface area (Å²) < 4.78 is 0. The zero-order chi connectivity index (χ0) is 20.3. The predicted molar refractivity (Wildman–Crippen MR) is 118 cm³/mol. The molecule has 28 heavy (non-hydrogen) atoms. The highest BCUT2D eigenvalue weighted by molar-refractivity contribution is 5.75. The van der Waals surface area contributed by atoms with E-state index in [2.05, 4.69) is 62.9 Å². The normalized spacial score (nSPS) is 28.2. The van der Waals surface area contributed by atoms with Gasteiger partial charge in [0.25, 0.3) is 0 Å². The lowest BCUT2D eigenvalue weighted by Gasteiger charge is -2.46. The van der Waals surface area contributed by atoms with Gasteiger partial charge in [-0.25, -0.2) is 0 Å². The predicted octanol–water partition coefficient (Wildman–Crippen LogP) is 6.39. The van der Waals surface area contributed by atoms with Crippen LogP contribution < -0.4 is 0 Å². The van der Waals surface area contributed by atoms with E-state index in [0.717, 1.165) is 24.9 Å². The molecule has 2 aliphatic rings. The van der Waals surface area contributed by atoms with E-state index in [1.807, 2.05) is 6.92 Å². The number of allylic oxidation sites excluding steroid dienone is 2. The van der Waals surface area contributed by atoms with Crippen molar-refractivity contribution in [1.29, 1.82) is 0 Å². The van der Waals surface area contributed by atoms with Crippen LogP contribution in [0.1, 0.15) is 70.9 Å². The number of rotatable bonds is 6. The van der Waals surface area contributed by atoms with Crippen LogP contribution in [-0.2, 0) is 11.3 Å². The topological polar surface area (TPSA) is 20.3 Å². The average molecular weight is 382 g/mol. The molecular formula is C26H39NO. The van der Waals surface area contributed by atoms with Gasteiger partial charge in [-0.05, 0) is 73.8 Å². The van der Waals surface area contributed by atoms with E-state index in [0.29, 0.717) is 24.2 Å². The summed E-state index contributed by atoms with van der Waals surface area (Å²) >= 11 is 0. The molecular weight excluding hydrogens is 342 g/mol. The summed E-state index contributed by atoms with van der Waals surface area (Å²) in [6.07, 6.45) is 8.48. The summed E-state index contributed by atoms with van der Waals surface area (Å²) in [6.45, 7) is 12.9. The highest BCUT2D eigenvalue weighted by atomic mass is 16.2. The molecule has 0 aliphatic heterocycles. The Bertz CT molecular complexity index is 706. The van der Waals surface area contributed by atoms with E-state index < -0.39 is 0 Å². The largest absolute Gasteiger partial charge is 0.338 e. The van der Waals surface area contributed by atoms with Crippen molar-refractivity contribution in [2.45, 2.75) is 73.3 Å². The zero-order valence-corrected chi connectivity index (χ0v) is 18.6. The minimum atomic E-state index is 0.284. The fourth-order valence-corrected chi connectivity index (χ4v) is 5.71. The molecule has 2 nitrogen and oxygen atoms in total. The van der Waals surface area contributed by atoms with Gasteiger partial charge in [0.15, 0.2) is 0 Å². The van der Waals surface area contributed by atoms with E-state index in [1.54, 1.807) is 5.57 Å². The van der Waals surface area contributed by atoms with Crippen molar-refractivity contribution in [1.82, 2.24) is 4.90 Å². The number of benzene rings is 1. The molecule has 2 aliphatic carbocycles.